The maximum Gasteiger partial charge on any atom is 0.265 e. The van der Waals surface area contributed by atoms with Gasteiger partial charge in [-0.25, -0.2) is 8.78 Å². The van der Waals surface area contributed by atoms with Gasteiger partial charge in [-0.05, 0) is 19.8 Å². The van der Waals surface area contributed by atoms with Crippen LogP contribution in [0.1, 0.15) is 32.6 Å². The molecule has 1 aliphatic carbocycles. The van der Waals surface area contributed by atoms with Crippen LogP contribution in [-0.4, -0.2) is 11.5 Å². The minimum absolute atomic E-state index is 0. The van der Waals surface area contributed by atoms with E-state index in [2.05, 4.69) is 0 Å². The zero-order valence-corrected chi connectivity index (χ0v) is 7.39. The molecule has 0 saturated heterocycles. The van der Waals surface area contributed by atoms with E-state index in [1.807, 2.05) is 0 Å². The quantitative estimate of drug-likeness (QED) is 0.616. The molecule has 2 N–H and O–H groups in total. The number of hydrogen-bond donors (Lipinski definition) is 1. The maximum absolute atomic E-state index is 12.9. The normalized spacial score (nSPS) is 36.0. The lowest BCUT2D eigenvalue weighted by Crippen LogP contribution is -2.55. The molecule has 0 spiro atoms. The number of nitrogens with two attached hydrogens (primary N) is 1. The Kier molecular flexibility index (Phi) is 3.27. The molecule has 0 radical (unpaired) electrons. The zero-order valence-electron chi connectivity index (χ0n) is 6.57. The van der Waals surface area contributed by atoms with Crippen LogP contribution in [0, 0.1) is 0 Å². The van der Waals surface area contributed by atoms with Crippen molar-refractivity contribution in [2.45, 2.75) is 44.1 Å². The van der Waals surface area contributed by atoms with Gasteiger partial charge in [0.05, 0.1) is 5.54 Å². The number of hydrogen-bond acceptors (Lipinski definition) is 1. The molecule has 1 saturated carbocycles. The fourth-order valence-electron chi connectivity index (χ4n) is 1.31. The van der Waals surface area contributed by atoms with Gasteiger partial charge in [0.25, 0.3) is 5.92 Å². The highest BCUT2D eigenvalue weighted by atomic mass is 35.5. The van der Waals surface area contributed by atoms with E-state index in [0.717, 1.165) is 6.42 Å². The van der Waals surface area contributed by atoms with Crippen molar-refractivity contribution in [3.8, 4) is 0 Å². The van der Waals surface area contributed by atoms with Crippen LogP contribution in [0.2, 0.25) is 0 Å². The van der Waals surface area contributed by atoms with E-state index in [0.29, 0.717) is 12.8 Å². The van der Waals surface area contributed by atoms with E-state index in [9.17, 15) is 8.78 Å². The molecule has 1 nitrogen and oxygen atoms in total. The van der Waals surface area contributed by atoms with Crippen molar-refractivity contribution in [1.29, 1.82) is 0 Å². The average Bonchev–Trinajstić information content (AvgIpc) is 1.77. The van der Waals surface area contributed by atoms with E-state index in [1.165, 1.54) is 6.92 Å². The highest BCUT2D eigenvalue weighted by molar-refractivity contribution is 5.85. The predicted molar refractivity (Wildman–Crippen MR) is 43.3 cm³/mol. The molecule has 1 aliphatic rings. The fraction of sp³-hybridized carbons (Fsp3) is 1.00. The third kappa shape index (κ3) is 2.03. The van der Waals surface area contributed by atoms with Crippen LogP contribution in [0.5, 0.6) is 0 Å². The van der Waals surface area contributed by atoms with Gasteiger partial charge in [0, 0.05) is 6.42 Å². The summed E-state index contributed by atoms with van der Waals surface area (Å²) in [4.78, 5) is 0. The Labute approximate surface area is 71.7 Å². The summed E-state index contributed by atoms with van der Waals surface area (Å²) < 4.78 is 25.7. The molecule has 0 bridgehead atoms. The van der Waals surface area contributed by atoms with E-state index >= 15 is 0 Å². The van der Waals surface area contributed by atoms with Gasteiger partial charge in [0.15, 0.2) is 0 Å². The fourth-order valence-corrected chi connectivity index (χ4v) is 1.31. The minimum Gasteiger partial charge on any atom is -0.320 e. The molecule has 0 amide bonds. The zero-order chi connectivity index (χ0) is 7.83. The molecular weight excluding hydrogens is 172 g/mol. The van der Waals surface area contributed by atoms with Crippen LogP contribution in [0.4, 0.5) is 8.78 Å². The van der Waals surface area contributed by atoms with Crippen LogP contribution in [-0.2, 0) is 0 Å². The summed E-state index contributed by atoms with van der Waals surface area (Å²) in [5.41, 5.74) is 4.15. The molecule has 4 heteroatoms. The van der Waals surface area contributed by atoms with E-state index in [1.54, 1.807) is 0 Å². The Balaban J connectivity index is 0.000001000. The molecule has 0 aliphatic heterocycles. The predicted octanol–water partition coefficient (Wildman–Crippen LogP) is 2.33. The van der Waals surface area contributed by atoms with Gasteiger partial charge in [0.2, 0.25) is 0 Å². The molecule has 0 heterocycles. The Morgan fingerprint density at radius 1 is 1.18 bits per heavy atom. The lowest BCUT2D eigenvalue weighted by Gasteiger charge is -2.37. The van der Waals surface area contributed by atoms with Crippen LogP contribution in [0.15, 0.2) is 0 Å². The summed E-state index contributed by atoms with van der Waals surface area (Å²) in [7, 11) is 0. The minimum atomic E-state index is -2.65. The third-order valence-corrected chi connectivity index (χ3v) is 2.27. The second-order valence-electron chi connectivity index (χ2n) is 3.33. The first kappa shape index (κ1) is 11.1. The number of rotatable bonds is 0. The van der Waals surface area contributed by atoms with Crippen molar-refractivity contribution >= 4 is 12.4 Å². The second-order valence-corrected chi connectivity index (χ2v) is 3.33. The van der Waals surface area contributed by atoms with Gasteiger partial charge in [-0.3, -0.25) is 0 Å². The monoisotopic (exact) mass is 185 g/mol. The van der Waals surface area contributed by atoms with Crippen LogP contribution in [0.3, 0.4) is 0 Å². The maximum atomic E-state index is 12.9. The molecule has 11 heavy (non-hydrogen) atoms. The first-order valence-corrected chi connectivity index (χ1v) is 3.62. The SMILES string of the molecule is CC1(N)CCCCC1(F)F.Cl. The summed E-state index contributed by atoms with van der Waals surface area (Å²) in [6.45, 7) is 1.44. The van der Waals surface area contributed by atoms with E-state index in [4.69, 9.17) is 5.73 Å². The second kappa shape index (κ2) is 3.23. The standard InChI is InChI=1S/C7H13F2N.ClH/c1-6(10)4-2-3-5-7(6,8)9;/h2-5,10H2,1H3;1H. The largest absolute Gasteiger partial charge is 0.320 e. The van der Waals surface area contributed by atoms with Gasteiger partial charge in [-0.15, -0.1) is 12.4 Å². The van der Waals surface area contributed by atoms with Gasteiger partial charge in [0.1, 0.15) is 0 Å². The Hall–Kier alpha value is 0.110. The Morgan fingerprint density at radius 2 is 1.64 bits per heavy atom. The van der Waals surface area contributed by atoms with E-state index < -0.39 is 11.5 Å². The molecule has 68 valence electrons. The van der Waals surface area contributed by atoms with Crippen molar-refractivity contribution in [3.63, 3.8) is 0 Å². The summed E-state index contributed by atoms with van der Waals surface area (Å²) >= 11 is 0. The lowest BCUT2D eigenvalue weighted by molar-refractivity contribution is -0.0941. The topological polar surface area (TPSA) is 26.0 Å². The van der Waals surface area contributed by atoms with Crippen molar-refractivity contribution < 1.29 is 8.78 Å². The van der Waals surface area contributed by atoms with Crippen molar-refractivity contribution in [2.24, 2.45) is 5.73 Å². The highest BCUT2D eigenvalue weighted by Gasteiger charge is 2.48. The van der Waals surface area contributed by atoms with Gasteiger partial charge in [-0.2, -0.15) is 0 Å². The Morgan fingerprint density at radius 3 is 1.91 bits per heavy atom. The average molecular weight is 186 g/mol. The van der Waals surface area contributed by atoms with Gasteiger partial charge < -0.3 is 5.73 Å². The van der Waals surface area contributed by atoms with Crippen LogP contribution >= 0.6 is 12.4 Å². The highest BCUT2D eigenvalue weighted by Crippen LogP contribution is 2.39. The molecule has 1 atom stereocenters. The summed E-state index contributed by atoms with van der Waals surface area (Å²) in [6.07, 6.45) is 1.85. The number of halogens is 3. The number of alkyl halides is 2. The molecule has 1 rings (SSSR count). The third-order valence-electron chi connectivity index (χ3n) is 2.27. The summed E-state index contributed by atoms with van der Waals surface area (Å²) in [6, 6.07) is 0. The molecular formula is C7H14ClF2N. The smallest absolute Gasteiger partial charge is 0.265 e. The first-order chi connectivity index (χ1) is 4.46. The molecule has 0 aromatic heterocycles. The summed E-state index contributed by atoms with van der Waals surface area (Å²) in [5, 5.41) is 0. The lowest BCUT2D eigenvalue weighted by atomic mass is 9.81. The van der Waals surface area contributed by atoms with Crippen LogP contribution < -0.4 is 5.73 Å². The molecule has 1 fully saturated rings. The van der Waals surface area contributed by atoms with Crippen molar-refractivity contribution in [1.82, 2.24) is 0 Å². The van der Waals surface area contributed by atoms with E-state index in [-0.39, 0.29) is 18.8 Å². The first-order valence-electron chi connectivity index (χ1n) is 3.62. The Bertz CT molecular complexity index is 120. The van der Waals surface area contributed by atoms with Crippen molar-refractivity contribution in [3.05, 3.63) is 0 Å². The molecule has 0 aromatic rings. The molecule has 1 unspecified atom stereocenters. The van der Waals surface area contributed by atoms with Gasteiger partial charge >= 0.3 is 0 Å². The van der Waals surface area contributed by atoms with Crippen molar-refractivity contribution in [2.75, 3.05) is 0 Å². The van der Waals surface area contributed by atoms with Crippen LogP contribution in [0.25, 0.3) is 0 Å². The summed E-state index contributed by atoms with van der Waals surface area (Å²) in [5.74, 6) is -2.65. The van der Waals surface area contributed by atoms with Gasteiger partial charge in [-0.1, -0.05) is 6.42 Å². The molecule has 0 aromatic carbocycles.